The predicted molar refractivity (Wildman–Crippen MR) is 99.7 cm³/mol. The lowest BCUT2D eigenvalue weighted by Crippen LogP contribution is -2.52. The summed E-state index contributed by atoms with van der Waals surface area (Å²) in [6.45, 7) is 8.82. The number of nitrogens with one attached hydrogen (secondary N) is 2. The molecule has 0 aromatic heterocycles. The standard InChI is InChI=1S/C19H28N2O6/c1-18(2,3)27-16(24)20-12-11-19(4,5)14(15(22)23)21-17(25)26-13-9-7-6-8-10-13/h6-10,14H,11-12H2,1-5H3,(H,20,24)(H,21,25)(H,22,23)/t14-/m0/s1. The van der Waals surface area contributed by atoms with Gasteiger partial charge in [0.1, 0.15) is 17.4 Å². The molecule has 0 radical (unpaired) electrons. The van der Waals surface area contributed by atoms with Crippen LogP contribution in [0.2, 0.25) is 0 Å². The number of carbonyl (C=O) groups is 3. The minimum atomic E-state index is -1.20. The summed E-state index contributed by atoms with van der Waals surface area (Å²) in [6.07, 6.45) is -1.14. The van der Waals surface area contributed by atoms with Crippen molar-refractivity contribution in [1.82, 2.24) is 10.6 Å². The van der Waals surface area contributed by atoms with Gasteiger partial charge in [-0.05, 0) is 44.7 Å². The van der Waals surface area contributed by atoms with Gasteiger partial charge in [-0.1, -0.05) is 32.0 Å². The first-order chi connectivity index (χ1) is 12.4. The van der Waals surface area contributed by atoms with Crippen LogP contribution in [-0.2, 0) is 9.53 Å². The molecule has 27 heavy (non-hydrogen) atoms. The molecule has 1 rings (SSSR count). The molecule has 150 valence electrons. The smallest absolute Gasteiger partial charge is 0.413 e. The fraction of sp³-hybridized carbons (Fsp3) is 0.526. The number of benzene rings is 1. The Bertz CT molecular complexity index is 652. The van der Waals surface area contributed by atoms with Crippen LogP contribution >= 0.6 is 0 Å². The molecule has 3 N–H and O–H groups in total. The van der Waals surface area contributed by atoms with E-state index < -0.39 is 35.2 Å². The highest BCUT2D eigenvalue weighted by Gasteiger charge is 2.37. The molecule has 8 heteroatoms. The number of alkyl carbamates (subject to hydrolysis) is 1. The normalized spacial score (nSPS) is 12.6. The van der Waals surface area contributed by atoms with Crippen LogP contribution in [-0.4, -0.2) is 41.4 Å². The third-order valence-electron chi connectivity index (χ3n) is 3.68. The second kappa shape index (κ2) is 9.25. The quantitative estimate of drug-likeness (QED) is 0.669. The minimum Gasteiger partial charge on any atom is -0.480 e. The first-order valence-corrected chi connectivity index (χ1v) is 8.64. The molecule has 0 bridgehead atoms. The molecule has 0 saturated heterocycles. The van der Waals surface area contributed by atoms with Crippen LogP contribution in [0.1, 0.15) is 41.0 Å². The van der Waals surface area contributed by atoms with Crippen LogP contribution < -0.4 is 15.4 Å². The molecule has 0 spiro atoms. The van der Waals surface area contributed by atoms with Gasteiger partial charge in [0.15, 0.2) is 0 Å². The number of aliphatic carboxylic acids is 1. The van der Waals surface area contributed by atoms with E-state index in [9.17, 15) is 19.5 Å². The Labute approximate surface area is 159 Å². The first-order valence-electron chi connectivity index (χ1n) is 8.64. The molecule has 0 aliphatic heterocycles. The molecule has 0 heterocycles. The van der Waals surface area contributed by atoms with Gasteiger partial charge in [-0.3, -0.25) is 0 Å². The van der Waals surface area contributed by atoms with Gasteiger partial charge in [-0.15, -0.1) is 0 Å². The zero-order valence-corrected chi connectivity index (χ0v) is 16.4. The summed E-state index contributed by atoms with van der Waals surface area (Å²) in [4.78, 5) is 35.4. The van der Waals surface area contributed by atoms with Crippen molar-refractivity contribution in [3.63, 3.8) is 0 Å². The maximum absolute atomic E-state index is 12.0. The predicted octanol–water partition coefficient (Wildman–Crippen LogP) is 3.17. The molecule has 0 aliphatic carbocycles. The largest absolute Gasteiger partial charge is 0.480 e. The van der Waals surface area contributed by atoms with Crippen molar-refractivity contribution in [3.8, 4) is 5.75 Å². The summed E-state index contributed by atoms with van der Waals surface area (Å²) in [6, 6.07) is 7.14. The maximum atomic E-state index is 12.0. The van der Waals surface area contributed by atoms with Crippen LogP contribution in [0, 0.1) is 5.41 Å². The topological polar surface area (TPSA) is 114 Å². The Balaban J connectivity index is 2.62. The Morgan fingerprint density at radius 3 is 2.15 bits per heavy atom. The Hall–Kier alpha value is -2.77. The average Bonchev–Trinajstić information content (AvgIpc) is 2.51. The molecule has 0 saturated carbocycles. The molecule has 0 aliphatic rings. The van der Waals surface area contributed by atoms with Crippen molar-refractivity contribution >= 4 is 18.2 Å². The van der Waals surface area contributed by atoms with Crippen molar-refractivity contribution in [1.29, 1.82) is 0 Å². The van der Waals surface area contributed by atoms with E-state index in [1.807, 2.05) is 0 Å². The maximum Gasteiger partial charge on any atom is 0.413 e. The molecule has 0 fully saturated rings. The highest BCUT2D eigenvalue weighted by atomic mass is 16.6. The number of rotatable bonds is 7. The second-order valence-corrected chi connectivity index (χ2v) is 7.79. The third kappa shape index (κ3) is 8.44. The van der Waals surface area contributed by atoms with E-state index in [4.69, 9.17) is 9.47 Å². The van der Waals surface area contributed by atoms with Gasteiger partial charge in [-0.25, -0.2) is 14.4 Å². The van der Waals surface area contributed by atoms with Crippen molar-refractivity contribution in [2.45, 2.75) is 52.7 Å². The van der Waals surface area contributed by atoms with E-state index in [1.54, 1.807) is 65.0 Å². The zero-order chi connectivity index (χ0) is 20.7. The summed E-state index contributed by atoms with van der Waals surface area (Å²) >= 11 is 0. The van der Waals surface area contributed by atoms with Gasteiger partial charge in [0, 0.05) is 6.54 Å². The van der Waals surface area contributed by atoms with Gasteiger partial charge in [-0.2, -0.15) is 0 Å². The van der Waals surface area contributed by atoms with Crippen molar-refractivity contribution in [2.24, 2.45) is 5.41 Å². The summed E-state index contributed by atoms with van der Waals surface area (Å²) in [7, 11) is 0. The summed E-state index contributed by atoms with van der Waals surface area (Å²) in [5, 5.41) is 14.5. The fourth-order valence-electron chi connectivity index (χ4n) is 2.28. The van der Waals surface area contributed by atoms with Gasteiger partial charge in [0.2, 0.25) is 0 Å². The number of ether oxygens (including phenoxy) is 2. The zero-order valence-electron chi connectivity index (χ0n) is 16.4. The molecule has 2 amide bonds. The van der Waals surface area contributed by atoms with Crippen molar-refractivity contribution < 1.29 is 29.0 Å². The van der Waals surface area contributed by atoms with Crippen LogP contribution in [0.3, 0.4) is 0 Å². The number of hydrogen-bond acceptors (Lipinski definition) is 5. The molecule has 1 aromatic rings. The Morgan fingerprint density at radius 1 is 1.04 bits per heavy atom. The monoisotopic (exact) mass is 380 g/mol. The molecule has 1 atom stereocenters. The first kappa shape index (κ1) is 22.3. The van der Waals surface area contributed by atoms with Crippen molar-refractivity contribution in [3.05, 3.63) is 30.3 Å². The van der Waals surface area contributed by atoms with Crippen LogP contribution in [0.25, 0.3) is 0 Å². The molecule has 8 nitrogen and oxygen atoms in total. The number of carboxylic acids is 1. The summed E-state index contributed by atoms with van der Waals surface area (Å²) in [5.74, 6) is -0.884. The molecule has 1 aromatic carbocycles. The van der Waals surface area contributed by atoms with Crippen LogP contribution in [0.15, 0.2) is 30.3 Å². The average molecular weight is 380 g/mol. The highest BCUT2D eigenvalue weighted by molar-refractivity contribution is 5.81. The van der Waals surface area contributed by atoms with Gasteiger partial charge in [0.05, 0.1) is 0 Å². The summed E-state index contributed by atoms with van der Waals surface area (Å²) in [5.41, 5.74) is -1.47. The van der Waals surface area contributed by atoms with Gasteiger partial charge < -0.3 is 25.2 Å². The Morgan fingerprint density at radius 2 is 1.63 bits per heavy atom. The molecular formula is C19H28N2O6. The number of amides is 2. The third-order valence-corrected chi connectivity index (χ3v) is 3.68. The fourth-order valence-corrected chi connectivity index (χ4v) is 2.28. The van der Waals surface area contributed by atoms with Gasteiger partial charge >= 0.3 is 18.2 Å². The van der Waals surface area contributed by atoms with Crippen LogP contribution in [0.5, 0.6) is 5.75 Å². The van der Waals surface area contributed by atoms with E-state index in [0.717, 1.165) is 0 Å². The summed E-state index contributed by atoms with van der Waals surface area (Å²) < 4.78 is 10.2. The highest BCUT2D eigenvalue weighted by Crippen LogP contribution is 2.25. The van der Waals surface area contributed by atoms with E-state index in [2.05, 4.69) is 10.6 Å². The van der Waals surface area contributed by atoms with Crippen molar-refractivity contribution in [2.75, 3.05) is 6.54 Å². The lowest BCUT2D eigenvalue weighted by molar-refractivity contribution is -0.142. The Kier molecular flexibility index (Phi) is 7.63. The lowest BCUT2D eigenvalue weighted by Gasteiger charge is -2.31. The lowest BCUT2D eigenvalue weighted by atomic mass is 9.81. The van der Waals surface area contributed by atoms with E-state index in [-0.39, 0.29) is 6.54 Å². The van der Waals surface area contributed by atoms with E-state index >= 15 is 0 Å². The minimum absolute atomic E-state index is 0.196. The SMILES string of the molecule is CC(C)(C)OC(=O)NCCC(C)(C)[C@@H](NC(=O)Oc1ccccc1)C(=O)O. The number of para-hydroxylation sites is 1. The molecular weight excluding hydrogens is 352 g/mol. The second-order valence-electron chi connectivity index (χ2n) is 7.79. The van der Waals surface area contributed by atoms with Crippen LogP contribution in [0.4, 0.5) is 9.59 Å². The van der Waals surface area contributed by atoms with Gasteiger partial charge in [0.25, 0.3) is 0 Å². The number of carboxylic acid groups (broad SMARTS) is 1. The van der Waals surface area contributed by atoms with E-state index in [0.29, 0.717) is 12.2 Å². The molecule has 0 unspecified atom stereocenters. The number of hydrogen-bond donors (Lipinski definition) is 3. The van der Waals surface area contributed by atoms with E-state index in [1.165, 1.54) is 0 Å². The number of carbonyl (C=O) groups excluding carboxylic acids is 2.